The molecule has 0 amide bonds. The number of nitrogens with zero attached hydrogens (tertiary/aromatic N) is 2. The zero-order valence-corrected chi connectivity index (χ0v) is 13.3. The quantitative estimate of drug-likeness (QED) is 0.768. The van der Waals surface area contributed by atoms with E-state index in [1.165, 1.54) is 4.31 Å². The fourth-order valence-electron chi connectivity index (χ4n) is 2.09. The zero-order valence-electron chi connectivity index (χ0n) is 11.7. The molecule has 114 valence electrons. The van der Waals surface area contributed by atoms with Gasteiger partial charge in [-0.2, -0.15) is 9.40 Å². The van der Waals surface area contributed by atoms with E-state index >= 15 is 0 Å². The summed E-state index contributed by atoms with van der Waals surface area (Å²) in [6, 6.07) is 0. The molecule has 0 aliphatic carbocycles. The first-order valence-corrected chi connectivity index (χ1v) is 9.49. The summed E-state index contributed by atoms with van der Waals surface area (Å²) < 4.78 is 37.9. The van der Waals surface area contributed by atoms with Crippen LogP contribution >= 0.6 is 0 Å². The van der Waals surface area contributed by atoms with Crippen LogP contribution in [0, 0.1) is 6.92 Å². The third-order valence-corrected chi connectivity index (χ3v) is 6.46. The van der Waals surface area contributed by atoms with E-state index in [9.17, 15) is 12.6 Å². The van der Waals surface area contributed by atoms with Gasteiger partial charge in [-0.3, -0.25) is 9.31 Å². The maximum atomic E-state index is 12.6. The zero-order chi connectivity index (χ0) is 14.8. The maximum Gasteiger partial charge on any atom is 0.262 e. The summed E-state index contributed by atoms with van der Waals surface area (Å²) in [4.78, 5) is 0. The normalized spacial score (nSPS) is 18.5. The summed E-state index contributed by atoms with van der Waals surface area (Å²) in [5.41, 5.74) is 1.43. The van der Waals surface area contributed by atoms with Gasteiger partial charge >= 0.3 is 0 Å². The van der Waals surface area contributed by atoms with E-state index in [0.29, 0.717) is 36.7 Å². The van der Waals surface area contributed by atoms with Crippen LogP contribution in [-0.4, -0.2) is 58.3 Å². The molecule has 1 aliphatic heterocycles. The largest absolute Gasteiger partial charge is 0.313 e. The van der Waals surface area contributed by atoms with Crippen molar-refractivity contribution < 1.29 is 12.6 Å². The molecule has 0 bridgehead atoms. The Kier molecular flexibility index (Phi) is 4.95. The summed E-state index contributed by atoms with van der Waals surface area (Å²) in [5.74, 6) is 0.788. The molecular formula is C11H20N4O3S2. The molecule has 7 nitrogen and oxygen atoms in total. The molecule has 1 fully saturated rings. The second-order valence-electron chi connectivity index (χ2n) is 4.66. The molecule has 0 spiro atoms. The Labute approximate surface area is 121 Å². The Bertz CT molecular complexity index is 587. The number of rotatable bonds is 5. The summed E-state index contributed by atoms with van der Waals surface area (Å²) >= 11 is 0. The molecule has 0 atom stereocenters. The summed E-state index contributed by atoms with van der Waals surface area (Å²) in [5, 5.41) is 9.92. The van der Waals surface area contributed by atoms with Gasteiger partial charge in [0.2, 0.25) is 0 Å². The van der Waals surface area contributed by atoms with Crippen molar-refractivity contribution in [2.45, 2.75) is 25.4 Å². The Morgan fingerprint density at radius 1 is 1.40 bits per heavy atom. The molecule has 2 rings (SSSR count). The number of aromatic nitrogens is 2. The van der Waals surface area contributed by atoms with Gasteiger partial charge in [-0.05, 0) is 13.5 Å². The van der Waals surface area contributed by atoms with Crippen LogP contribution in [0.1, 0.15) is 18.2 Å². The molecular weight excluding hydrogens is 300 g/mol. The van der Waals surface area contributed by atoms with Crippen molar-refractivity contribution in [3.63, 3.8) is 0 Å². The number of hydrogen-bond donors (Lipinski definition) is 2. The van der Waals surface area contributed by atoms with Crippen molar-refractivity contribution in [2.75, 3.05) is 31.1 Å². The van der Waals surface area contributed by atoms with Crippen LogP contribution in [0.3, 0.4) is 0 Å². The molecule has 9 heteroatoms. The summed E-state index contributed by atoms with van der Waals surface area (Å²) in [7, 11) is -4.51. The molecule has 1 aromatic rings. The van der Waals surface area contributed by atoms with E-state index in [1.807, 2.05) is 13.8 Å². The monoisotopic (exact) mass is 320 g/mol. The minimum atomic E-state index is -3.61. The predicted octanol–water partition coefficient (Wildman–Crippen LogP) is -0.419. The highest BCUT2D eigenvalue weighted by molar-refractivity contribution is 7.89. The van der Waals surface area contributed by atoms with Gasteiger partial charge < -0.3 is 5.32 Å². The molecule has 0 saturated carbocycles. The Hall–Kier alpha value is -0.770. The molecule has 2 heterocycles. The molecule has 0 aromatic carbocycles. The number of aryl methyl sites for hydroxylation is 1. The van der Waals surface area contributed by atoms with E-state index in [-0.39, 0.29) is 5.03 Å². The molecule has 1 saturated heterocycles. The first kappa shape index (κ1) is 15.6. The fraction of sp³-hybridized carbons (Fsp3) is 0.727. The van der Waals surface area contributed by atoms with Crippen molar-refractivity contribution in [1.29, 1.82) is 0 Å². The number of H-pyrrole nitrogens is 1. The second-order valence-corrected chi connectivity index (χ2v) is 8.21. The van der Waals surface area contributed by atoms with Gasteiger partial charge in [0.05, 0.1) is 0 Å². The highest BCUT2D eigenvalue weighted by atomic mass is 32.2. The Balaban J connectivity index is 2.27. The number of sulfonamides is 1. The van der Waals surface area contributed by atoms with Crippen molar-refractivity contribution in [1.82, 2.24) is 19.8 Å². The highest BCUT2D eigenvalue weighted by Crippen LogP contribution is 2.21. The smallest absolute Gasteiger partial charge is 0.262 e. The van der Waals surface area contributed by atoms with Crippen LogP contribution in [0.25, 0.3) is 0 Å². The van der Waals surface area contributed by atoms with Crippen molar-refractivity contribution in [3.05, 3.63) is 11.3 Å². The lowest BCUT2D eigenvalue weighted by Crippen LogP contribution is -2.42. The van der Waals surface area contributed by atoms with Gasteiger partial charge in [-0.15, -0.1) is 0 Å². The molecule has 1 aromatic heterocycles. The first-order valence-electron chi connectivity index (χ1n) is 6.56. The standard InChI is InChI=1S/C11H20N4O3S2/c1-3-12-8-10-9(2)13-14-11(10)20(17,18)15-4-6-19(16)7-5-15/h12H,3-8H2,1-2H3,(H,13,14). The van der Waals surface area contributed by atoms with Gasteiger partial charge in [0.25, 0.3) is 10.0 Å². The molecule has 0 radical (unpaired) electrons. The Morgan fingerprint density at radius 2 is 2.05 bits per heavy atom. The molecule has 2 N–H and O–H groups in total. The van der Waals surface area contributed by atoms with Gasteiger partial charge in [0, 0.05) is 53.2 Å². The van der Waals surface area contributed by atoms with E-state index in [0.717, 1.165) is 12.2 Å². The molecule has 0 unspecified atom stereocenters. The van der Waals surface area contributed by atoms with E-state index < -0.39 is 20.8 Å². The number of nitrogens with one attached hydrogen (secondary N) is 2. The van der Waals surface area contributed by atoms with E-state index in [2.05, 4.69) is 15.5 Å². The van der Waals surface area contributed by atoms with Gasteiger partial charge in [-0.1, -0.05) is 6.92 Å². The van der Waals surface area contributed by atoms with Crippen LogP contribution < -0.4 is 5.32 Å². The minimum Gasteiger partial charge on any atom is -0.313 e. The van der Waals surface area contributed by atoms with Gasteiger partial charge in [-0.25, -0.2) is 8.42 Å². The van der Waals surface area contributed by atoms with Crippen LogP contribution in [0.2, 0.25) is 0 Å². The first-order chi connectivity index (χ1) is 9.46. The lowest BCUT2D eigenvalue weighted by Gasteiger charge is -2.25. The minimum absolute atomic E-state index is 0.0867. The summed E-state index contributed by atoms with van der Waals surface area (Å²) in [6.07, 6.45) is 0. The predicted molar refractivity (Wildman–Crippen MR) is 77.3 cm³/mol. The van der Waals surface area contributed by atoms with Crippen LogP contribution in [0.4, 0.5) is 0 Å². The van der Waals surface area contributed by atoms with Crippen LogP contribution in [-0.2, 0) is 27.4 Å². The average molecular weight is 320 g/mol. The third kappa shape index (κ3) is 3.11. The van der Waals surface area contributed by atoms with E-state index in [1.54, 1.807) is 0 Å². The van der Waals surface area contributed by atoms with Crippen molar-refractivity contribution in [3.8, 4) is 0 Å². The SMILES string of the molecule is CCNCc1c(S(=O)(=O)N2CCS(=O)CC2)n[nH]c1C. The lowest BCUT2D eigenvalue weighted by molar-refractivity contribution is 0.435. The van der Waals surface area contributed by atoms with Gasteiger partial charge in [0.15, 0.2) is 5.03 Å². The van der Waals surface area contributed by atoms with Crippen LogP contribution in [0.5, 0.6) is 0 Å². The van der Waals surface area contributed by atoms with Crippen LogP contribution in [0.15, 0.2) is 5.03 Å². The second kappa shape index (κ2) is 6.33. The van der Waals surface area contributed by atoms with Crippen molar-refractivity contribution >= 4 is 20.8 Å². The van der Waals surface area contributed by atoms with E-state index in [4.69, 9.17) is 0 Å². The average Bonchev–Trinajstić information content (AvgIpc) is 2.79. The van der Waals surface area contributed by atoms with Gasteiger partial charge in [0.1, 0.15) is 0 Å². The third-order valence-electron chi connectivity index (χ3n) is 3.31. The number of aromatic amines is 1. The highest BCUT2D eigenvalue weighted by Gasteiger charge is 2.32. The molecule has 20 heavy (non-hydrogen) atoms. The Morgan fingerprint density at radius 3 is 2.65 bits per heavy atom. The molecule has 1 aliphatic rings. The number of hydrogen-bond acceptors (Lipinski definition) is 5. The summed E-state index contributed by atoms with van der Waals surface area (Å²) in [6.45, 7) is 5.58. The lowest BCUT2D eigenvalue weighted by atomic mass is 10.2. The maximum absolute atomic E-state index is 12.6. The van der Waals surface area contributed by atoms with Crippen molar-refractivity contribution in [2.24, 2.45) is 0 Å². The topological polar surface area (TPSA) is 95.2 Å². The fourth-order valence-corrected chi connectivity index (χ4v) is 4.97.